The van der Waals surface area contributed by atoms with Gasteiger partial charge in [-0.15, -0.1) is 0 Å². The molecule has 0 heterocycles. The Bertz CT molecular complexity index is 669. The fourth-order valence-electron chi connectivity index (χ4n) is 3.83. The van der Waals surface area contributed by atoms with E-state index in [-0.39, 0.29) is 11.7 Å². The number of benzene rings is 1. The van der Waals surface area contributed by atoms with Gasteiger partial charge in [0.25, 0.3) is 0 Å². The smallest absolute Gasteiger partial charge is 0.328 e. The number of allylic oxidation sites excluding steroid dienone is 2. The van der Waals surface area contributed by atoms with Gasteiger partial charge in [0.2, 0.25) is 5.91 Å². The predicted molar refractivity (Wildman–Crippen MR) is 135 cm³/mol. The minimum Gasteiger partial charge on any atom is -0.508 e. The highest BCUT2D eigenvalue weighted by Gasteiger charge is 2.21. The van der Waals surface area contributed by atoms with Crippen LogP contribution in [-0.4, -0.2) is 30.1 Å². The number of methoxy groups -OCH3 is 1. The lowest BCUT2D eigenvalue weighted by atomic mass is 10.0. The van der Waals surface area contributed by atoms with Crippen molar-refractivity contribution in [1.82, 2.24) is 5.32 Å². The van der Waals surface area contributed by atoms with Crippen LogP contribution in [0.4, 0.5) is 0 Å². The molecule has 1 atom stereocenters. The van der Waals surface area contributed by atoms with Gasteiger partial charge in [0.15, 0.2) is 0 Å². The minimum atomic E-state index is -0.713. The predicted octanol–water partition coefficient (Wildman–Crippen LogP) is 6.63. The molecule has 0 radical (unpaired) electrons. The lowest BCUT2D eigenvalue weighted by Gasteiger charge is -2.16. The number of carbonyl (C=O) groups is 2. The normalized spacial score (nSPS) is 12.1. The third-order valence-corrected chi connectivity index (χ3v) is 5.86. The summed E-state index contributed by atoms with van der Waals surface area (Å²) in [5.74, 6) is -0.413. The van der Waals surface area contributed by atoms with Gasteiger partial charge in [0.05, 0.1) is 7.11 Å². The van der Waals surface area contributed by atoms with Crippen LogP contribution in [0.15, 0.2) is 36.4 Å². The first-order valence-electron chi connectivity index (χ1n) is 12.9. The number of aromatic hydroxyl groups is 1. The van der Waals surface area contributed by atoms with Gasteiger partial charge in [0.1, 0.15) is 11.8 Å². The first-order valence-corrected chi connectivity index (χ1v) is 12.9. The Labute approximate surface area is 201 Å². The number of phenols is 1. The Balaban J connectivity index is 2.09. The summed E-state index contributed by atoms with van der Waals surface area (Å²) >= 11 is 0. The van der Waals surface area contributed by atoms with E-state index < -0.39 is 12.0 Å². The monoisotopic (exact) mass is 459 g/mol. The lowest BCUT2D eigenvalue weighted by Crippen LogP contribution is -2.43. The summed E-state index contributed by atoms with van der Waals surface area (Å²) in [7, 11) is 1.32. The van der Waals surface area contributed by atoms with Crippen LogP contribution >= 0.6 is 0 Å². The second-order valence-corrected chi connectivity index (χ2v) is 8.85. The van der Waals surface area contributed by atoms with Crippen molar-refractivity contribution >= 4 is 11.9 Å². The maximum Gasteiger partial charge on any atom is 0.328 e. The zero-order chi connectivity index (χ0) is 24.2. The number of nitrogens with one attached hydrogen (secondary N) is 1. The quantitative estimate of drug-likeness (QED) is 0.138. The van der Waals surface area contributed by atoms with Crippen LogP contribution in [0.2, 0.25) is 0 Å². The maximum atomic E-state index is 12.3. The Morgan fingerprint density at radius 1 is 0.879 bits per heavy atom. The Morgan fingerprint density at radius 2 is 1.42 bits per heavy atom. The van der Waals surface area contributed by atoms with Crippen molar-refractivity contribution in [3.05, 3.63) is 42.0 Å². The molecular weight excluding hydrogens is 414 g/mol. The van der Waals surface area contributed by atoms with E-state index in [9.17, 15) is 14.7 Å². The van der Waals surface area contributed by atoms with Crippen LogP contribution in [0.3, 0.4) is 0 Å². The number of unbranched alkanes of at least 4 members (excludes halogenated alkanes) is 11. The van der Waals surface area contributed by atoms with Gasteiger partial charge in [-0.1, -0.05) is 82.6 Å². The van der Waals surface area contributed by atoms with E-state index >= 15 is 0 Å². The number of hydrogen-bond acceptors (Lipinski definition) is 4. The molecule has 5 nitrogen and oxygen atoms in total. The van der Waals surface area contributed by atoms with Crippen molar-refractivity contribution in [3.8, 4) is 5.75 Å². The van der Waals surface area contributed by atoms with Crippen LogP contribution < -0.4 is 5.32 Å². The van der Waals surface area contributed by atoms with Crippen molar-refractivity contribution in [1.29, 1.82) is 0 Å². The highest BCUT2D eigenvalue weighted by Crippen LogP contribution is 2.13. The SMILES string of the molecule is CCCCCCCC/C=C\CCCCCCCC(=O)NC(Cc1ccc(O)cc1)C(=O)OC. The second kappa shape index (κ2) is 19.2. The topological polar surface area (TPSA) is 75.6 Å². The van der Waals surface area contributed by atoms with E-state index in [4.69, 9.17) is 4.74 Å². The number of hydrogen-bond donors (Lipinski definition) is 2. The molecule has 0 saturated heterocycles. The summed E-state index contributed by atoms with van der Waals surface area (Å²) < 4.78 is 4.83. The number of rotatable bonds is 19. The molecule has 1 amide bonds. The molecule has 0 fully saturated rings. The minimum absolute atomic E-state index is 0.123. The molecule has 0 aliphatic carbocycles. The number of amides is 1. The van der Waals surface area contributed by atoms with Gasteiger partial charge in [0, 0.05) is 12.8 Å². The molecule has 1 aromatic rings. The molecular formula is C28H45NO4. The molecule has 0 saturated carbocycles. The zero-order valence-corrected chi connectivity index (χ0v) is 20.8. The van der Waals surface area contributed by atoms with E-state index in [1.807, 2.05) is 0 Å². The fraction of sp³-hybridized carbons (Fsp3) is 0.643. The molecule has 0 bridgehead atoms. The van der Waals surface area contributed by atoms with Crippen LogP contribution in [0.1, 0.15) is 102 Å². The fourth-order valence-corrected chi connectivity index (χ4v) is 3.83. The van der Waals surface area contributed by atoms with Gasteiger partial charge < -0.3 is 15.2 Å². The van der Waals surface area contributed by atoms with E-state index in [0.717, 1.165) is 31.2 Å². The summed E-state index contributed by atoms with van der Waals surface area (Å²) in [5.41, 5.74) is 0.851. The van der Waals surface area contributed by atoms with E-state index in [0.29, 0.717) is 12.8 Å². The van der Waals surface area contributed by atoms with Crippen LogP contribution in [-0.2, 0) is 20.7 Å². The molecule has 33 heavy (non-hydrogen) atoms. The van der Waals surface area contributed by atoms with Gasteiger partial charge in [-0.3, -0.25) is 4.79 Å². The zero-order valence-electron chi connectivity index (χ0n) is 20.8. The van der Waals surface area contributed by atoms with Crippen LogP contribution in [0, 0.1) is 0 Å². The third kappa shape index (κ3) is 15.2. The van der Waals surface area contributed by atoms with Crippen molar-refractivity contribution in [3.63, 3.8) is 0 Å². The van der Waals surface area contributed by atoms with Crippen molar-refractivity contribution < 1.29 is 19.4 Å². The third-order valence-electron chi connectivity index (χ3n) is 5.86. The molecule has 2 N–H and O–H groups in total. The molecule has 186 valence electrons. The summed E-state index contributed by atoms with van der Waals surface area (Å²) in [6.45, 7) is 2.25. The molecule has 1 unspecified atom stereocenters. The maximum absolute atomic E-state index is 12.3. The molecule has 1 rings (SSSR count). The van der Waals surface area contributed by atoms with E-state index in [2.05, 4.69) is 24.4 Å². The average Bonchev–Trinajstić information content (AvgIpc) is 2.82. The highest BCUT2D eigenvalue weighted by molar-refractivity contribution is 5.84. The lowest BCUT2D eigenvalue weighted by molar-refractivity contribution is -0.145. The summed E-state index contributed by atoms with van der Waals surface area (Å²) in [6, 6.07) is 5.89. The van der Waals surface area contributed by atoms with E-state index in [1.165, 1.54) is 64.9 Å². The molecule has 5 heteroatoms. The van der Waals surface area contributed by atoms with Crippen LogP contribution in [0.5, 0.6) is 5.75 Å². The molecule has 0 aliphatic rings. The molecule has 0 aromatic heterocycles. The van der Waals surface area contributed by atoms with Crippen molar-refractivity contribution in [2.24, 2.45) is 0 Å². The second-order valence-electron chi connectivity index (χ2n) is 8.85. The van der Waals surface area contributed by atoms with E-state index in [1.54, 1.807) is 24.3 Å². The average molecular weight is 460 g/mol. The number of ether oxygens (including phenoxy) is 1. The summed E-state index contributed by atoms with van der Waals surface area (Å²) in [6.07, 6.45) is 21.3. The Morgan fingerprint density at radius 3 is 2.00 bits per heavy atom. The standard InChI is InChI=1S/C28H45NO4/c1-3-4-5-6-7-8-9-10-11-12-13-14-15-16-17-18-27(31)29-26(28(32)33-2)23-24-19-21-25(30)22-20-24/h10-11,19-22,26,30H,3-9,12-18,23H2,1-2H3,(H,29,31)/b11-10-. The number of carbonyl (C=O) groups excluding carboxylic acids is 2. The Hall–Kier alpha value is -2.30. The first kappa shape index (κ1) is 28.7. The van der Waals surface area contributed by atoms with Crippen molar-refractivity contribution in [2.75, 3.05) is 7.11 Å². The Kier molecular flexibility index (Phi) is 16.7. The highest BCUT2D eigenvalue weighted by atomic mass is 16.5. The summed E-state index contributed by atoms with van der Waals surface area (Å²) in [5, 5.41) is 12.2. The number of esters is 1. The largest absolute Gasteiger partial charge is 0.508 e. The molecule has 0 spiro atoms. The van der Waals surface area contributed by atoms with Gasteiger partial charge in [-0.2, -0.15) is 0 Å². The number of phenolic OH excluding ortho intramolecular Hbond substituents is 1. The first-order chi connectivity index (χ1) is 16.1. The van der Waals surface area contributed by atoms with Gasteiger partial charge in [-0.05, 0) is 49.8 Å². The van der Waals surface area contributed by atoms with Gasteiger partial charge in [-0.25, -0.2) is 4.79 Å². The molecule has 0 aliphatic heterocycles. The van der Waals surface area contributed by atoms with Crippen LogP contribution in [0.25, 0.3) is 0 Å². The molecule has 1 aromatic carbocycles. The summed E-state index contributed by atoms with van der Waals surface area (Å²) in [4.78, 5) is 24.3. The van der Waals surface area contributed by atoms with Gasteiger partial charge >= 0.3 is 5.97 Å². The van der Waals surface area contributed by atoms with Crippen molar-refractivity contribution in [2.45, 2.75) is 109 Å².